The summed E-state index contributed by atoms with van der Waals surface area (Å²) >= 11 is 1.30. The van der Waals surface area contributed by atoms with Crippen LogP contribution in [0.5, 0.6) is 0 Å². The predicted molar refractivity (Wildman–Crippen MR) is 138 cm³/mol. The molecule has 34 heavy (non-hydrogen) atoms. The van der Waals surface area contributed by atoms with E-state index in [4.69, 9.17) is 0 Å². The number of para-hydroxylation sites is 1. The lowest BCUT2D eigenvalue weighted by molar-refractivity contribution is 0.0748. The first-order valence-corrected chi connectivity index (χ1v) is 12.2. The molecule has 1 N–H and O–H groups in total. The molecule has 4 aromatic rings. The molecule has 3 aromatic carbocycles. The van der Waals surface area contributed by atoms with Gasteiger partial charge in [0.25, 0.3) is 11.8 Å². The Labute approximate surface area is 203 Å². The molecule has 172 valence electrons. The van der Waals surface area contributed by atoms with Crippen molar-refractivity contribution in [3.05, 3.63) is 89.1 Å². The number of hydrogen-bond acceptors (Lipinski definition) is 5. The zero-order valence-corrected chi connectivity index (χ0v) is 20.1. The van der Waals surface area contributed by atoms with Gasteiger partial charge in [0, 0.05) is 37.3 Å². The summed E-state index contributed by atoms with van der Waals surface area (Å²) in [6.45, 7) is 7.08. The molecule has 0 atom stereocenters. The van der Waals surface area contributed by atoms with Crippen LogP contribution in [0.25, 0.3) is 10.1 Å². The molecular weight excluding hydrogens is 444 g/mol. The smallest absolute Gasteiger partial charge is 0.276 e. The van der Waals surface area contributed by atoms with Gasteiger partial charge >= 0.3 is 0 Å². The second kappa shape index (κ2) is 9.27. The van der Waals surface area contributed by atoms with Crippen LogP contribution < -0.4 is 10.2 Å². The summed E-state index contributed by atoms with van der Waals surface area (Å²) in [5.41, 5.74) is 5.17. The standard InChI is InChI=1S/C27H26N4O2S/c1-18-8-7-12-23(19(18)2)30-14-16-31(17-15-30)27(33)20-9-3-5-11-22(20)28-26(32)25-21-10-4-6-13-24(21)34-29-25/h3-13H,14-17H2,1-2H3,(H,28,32). The van der Waals surface area contributed by atoms with Crippen molar-refractivity contribution in [1.29, 1.82) is 0 Å². The van der Waals surface area contributed by atoms with Crippen LogP contribution in [-0.4, -0.2) is 47.3 Å². The van der Waals surface area contributed by atoms with Crippen LogP contribution in [0, 0.1) is 13.8 Å². The number of fused-ring (bicyclic) bond motifs is 1. The van der Waals surface area contributed by atoms with Crippen molar-refractivity contribution in [2.24, 2.45) is 0 Å². The number of nitrogens with zero attached hydrogens (tertiary/aromatic N) is 3. The van der Waals surface area contributed by atoms with Crippen LogP contribution in [0.15, 0.2) is 66.7 Å². The van der Waals surface area contributed by atoms with Crippen molar-refractivity contribution in [3.8, 4) is 0 Å². The number of nitrogens with one attached hydrogen (secondary N) is 1. The SMILES string of the molecule is Cc1cccc(N2CCN(C(=O)c3ccccc3NC(=O)c3nsc4ccccc34)CC2)c1C. The Bertz CT molecular complexity index is 1370. The number of aryl methyl sites for hydroxylation is 1. The molecule has 5 rings (SSSR count). The third kappa shape index (κ3) is 4.15. The second-order valence-corrected chi connectivity index (χ2v) is 9.33. The predicted octanol–water partition coefficient (Wildman–Crippen LogP) is 5.13. The van der Waals surface area contributed by atoms with E-state index in [0.29, 0.717) is 30.0 Å². The van der Waals surface area contributed by atoms with Gasteiger partial charge in [-0.15, -0.1) is 0 Å². The largest absolute Gasteiger partial charge is 0.368 e. The monoisotopic (exact) mass is 470 g/mol. The van der Waals surface area contributed by atoms with Crippen LogP contribution in [0.4, 0.5) is 11.4 Å². The maximum absolute atomic E-state index is 13.4. The lowest BCUT2D eigenvalue weighted by Gasteiger charge is -2.37. The zero-order chi connectivity index (χ0) is 23.7. The lowest BCUT2D eigenvalue weighted by atomic mass is 10.1. The highest BCUT2D eigenvalue weighted by Gasteiger charge is 2.25. The summed E-state index contributed by atoms with van der Waals surface area (Å²) < 4.78 is 5.29. The Kier molecular flexibility index (Phi) is 6.02. The number of benzene rings is 3. The molecule has 6 nitrogen and oxygen atoms in total. The quantitative estimate of drug-likeness (QED) is 0.449. The number of piperazine rings is 1. The fourth-order valence-electron chi connectivity index (χ4n) is 4.41. The number of anilines is 2. The Morgan fingerprint density at radius 2 is 1.62 bits per heavy atom. The van der Waals surface area contributed by atoms with Crippen LogP contribution in [0.3, 0.4) is 0 Å². The minimum absolute atomic E-state index is 0.0698. The maximum atomic E-state index is 13.4. The van der Waals surface area contributed by atoms with Gasteiger partial charge < -0.3 is 15.1 Å². The van der Waals surface area contributed by atoms with E-state index >= 15 is 0 Å². The third-order valence-corrected chi connectivity index (χ3v) is 7.31. The number of carbonyl (C=O) groups is 2. The molecule has 2 heterocycles. The average molecular weight is 471 g/mol. The third-order valence-electron chi connectivity index (χ3n) is 6.48. The van der Waals surface area contributed by atoms with Crippen molar-refractivity contribution >= 4 is 44.8 Å². The van der Waals surface area contributed by atoms with E-state index in [9.17, 15) is 9.59 Å². The number of hydrogen-bond donors (Lipinski definition) is 1. The summed E-state index contributed by atoms with van der Waals surface area (Å²) in [6, 6.07) is 21.2. The van der Waals surface area contributed by atoms with Gasteiger partial charge in [-0.1, -0.05) is 42.5 Å². The minimum atomic E-state index is -0.308. The van der Waals surface area contributed by atoms with Gasteiger partial charge in [0.15, 0.2) is 0 Å². The van der Waals surface area contributed by atoms with Gasteiger partial charge in [-0.2, -0.15) is 4.37 Å². The Morgan fingerprint density at radius 3 is 2.44 bits per heavy atom. The molecule has 0 aliphatic carbocycles. The Balaban J connectivity index is 1.31. The highest BCUT2D eigenvalue weighted by atomic mass is 32.1. The van der Waals surface area contributed by atoms with Gasteiger partial charge in [0.1, 0.15) is 5.69 Å². The summed E-state index contributed by atoms with van der Waals surface area (Å²) in [4.78, 5) is 30.6. The molecule has 0 saturated carbocycles. The van der Waals surface area contributed by atoms with E-state index in [-0.39, 0.29) is 11.8 Å². The van der Waals surface area contributed by atoms with E-state index < -0.39 is 0 Å². The van der Waals surface area contributed by atoms with Gasteiger partial charge in [0.2, 0.25) is 0 Å². The molecule has 1 aliphatic rings. The normalized spacial score (nSPS) is 13.8. The molecule has 1 aromatic heterocycles. The minimum Gasteiger partial charge on any atom is -0.368 e. The van der Waals surface area contributed by atoms with Crippen molar-refractivity contribution in [3.63, 3.8) is 0 Å². The van der Waals surface area contributed by atoms with Crippen molar-refractivity contribution < 1.29 is 9.59 Å². The first-order valence-electron chi connectivity index (χ1n) is 11.4. The first kappa shape index (κ1) is 22.1. The second-order valence-electron chi connectivity index (χ2n) is 8.53. The topological polar surface area (TPSA) is 65.5 Å². The zero-order valence-electron chi connectivity index (χ0n) is 19.2. The van der Waals surface area contributed by atoms with Crippen molar-refractivity contribution in [2.75, 3.05) is 36.4 Å². The van der Waals surface area contributed by atoms with E-state index in [2.05, 4.69) is 46.6 Å². The maximum Gasteiger partial charge on any atom is 0.276 e. The van der Waals surface area contributed by atoms with E-state index in [0.717, 1.165) is 23.2 Å². The van der Waals surface area contributed by atoms with Gasteiger partial charge in [0.05, 0.1) is 16.0 Å². The van der Waals surface area contributed by atoms with E-state index in [1.807, 2.05) is 41.3 Å². The molecule has 1 saturated heterocycles. The van der Waals surface area contributed by atoms with Crippen LogP contribution >= 0.6 is 11.5 Å². The van der Waals surface area contributed by atoms with Crippen molar-refractivity contribution in [2.45, 2.75) is 13.8 Å². The number of carbonyl (C=O) groups excluding carboxylic acids is 2. The van der Waals surface area contributed by atoms with Crippen molar-refractivity contribution in [1.82, 2.24) is 9.27 Å². The van der Waals surface area contributed by atoms with Crippen LogP contribution in [0.2, 0.25) is 0 Å². The van der Waals surface area contributed by atoms with E-state index in [1.165, 1.54) is 28.3 Å². The van der Waals surface area contributed by atoms with Gasteiger partial charge in [-0.3, -0.25) is 9.59 Å². The van der Waals surface area contributed by atoms with Gasteiger partial charge in [-0.25, -0.2) is 0 Å². The van der Waals surface area contributed by atoms with E-state index in [1.54, 1.807) is 12.1 Å². The number of aromatic nitrogens is 1. The molecule has 0 unspecified atom stereocenters. The molecule has 0 radical (unpaired) electrons. The summed E-state index contributed by atoms with van der Waals surface area (Å²) in [5.74, 6) is -0.378. The molecule has 0 bridgehead atoms. The fraction of sp³-hybridized carbons (Fsp3) is 0.222. The van der Waals surface area contributed by atoms with Gasteiger partial charge in [-0.05, 0) is 60.8 Å². The molecule has 2 amide bonds. The molecular formula is C27H26N4O2S. The summed E-state index contributed by atoms with van der Waals surface area (Å²) in [5, 5.41) is 3.74. The summed E-state index contributed by atoms with van der Waals surface area (Å²) in [7, 11) is 0. The molecule has 7 heteroatoms. The fourth-order valence-corrected chi connectivity index (χ4v) is 5.18. The average Bonchev–Trinajstić information content (AvgIpc) is 3.30. The molecule has 0 spiro atoms. The molecule has 1 fully saturated rings. The Hall–Kier alpha value is -3.71. The first-order chi connectivity index (χ1) is 16.5. The molecule has 1 aliphatic heterocycles. The Morgan fingerprint density at radius 1 is 0.882 bits per heavy atom. The lowest BCUT2D eigenvalue weighted by Crippen LogP contribution is -2.49. The van der Waals surface area contributed by atoms with Crippen LogP contribution in [-0.2, 0) is 0 Å². The highest BCUT2D eigenvalue weighted by Crippen LogP contribution is 2.26. The highest BCUT2D eigenvalue weighted by molar-refractivity contribution is 7.13. The van der Waals surface area contributed by atoms with Crippen LogP contribution in [0.1, 0.15) is 32.0 Å². The summed E-state index contributed by atoms with van der Waals surface area (Å²) in [6.07, 6.45) is 0. The number of amides is 2. The number of rotatable bonds is 4.